The number of nitrogens with zero attached hydrogens (tertiary/aromatic N) is 4. The highest BCUT2D eigenvalue weighted by Crippen LogP contribution is 2.41. The van der Waals surface area contributed by atoms with Crippen molar-refractivity contribution in [2.24, 2.45) is 5.92 Å². The third-order valence-corrected chi connectivity index (χ3v) is 7.30. The van der Waals surface area contributed by atoms with Crippen LogP contribution in [0.1, 0.15) is 18.5 Å². The van der Waals surface area contributed by atoms with Gasteiger partial charge in [0.25, 0.3) is 0 Å². The zero-order valence-electron chi connectivity index (χ0n) is 19.3. The van der Waals surface area contributed by atoms with Crippen LogP contribution < -0.4 is 15.4 Å². The zero-order chi connectivity index (χ0) is 24.6. The number of nitrogens with one attached hydrogen (secondary N) is 2. The molecule has 3 heterocycles. The van der Waals surface area contributed by atoms with E-state index in [2.05, 4.69) is 25.6 Å². The molecule has 4 aromatic rings. The van der Waals surface area contributed by atoms with Crippen LogP contribution in [0.25, 0.3) is 20.8 Å². The van der Waals surface area contributed by atoms with Gasteiger partial charge < -0.3 is 30.7 Å². The second-order valence-electron chi connectivity index (χ2n) is 8.52. The molecule has 0 radical (unpaired) electrons. The van der Waals surface area contributed by atoms with E-state index in [1.54, 1.807) is 25.6 Å². The normalized spacial score (nSPS) is 21.9. The lowest BCUT2D eigenvalue weighted by atomic mass is 10.0. The van der Waals surface area contributed by atoms with Gasteiger partial charge in [0.1, 0.15) is 16.9 Å². The Labute approximate surface area is 205 Å². The number of thiazole rings is 1. The summed E-state index contributed by atoms with van der Waals surface area (Å²) in [6.45, 7) is 1.63. The van der Waals surface area contributed by atoms with Crippen molar-refractivity contribution in [3.05, 3.63) is 48.4 Å². The van der Waals surface area contributed by atoms with Crippen LogP contribution in [0, 0.1) is 12.8 Å². The van der Waals surface area contributed by atoms with Gasteiger partial charge in [0, 0.05) is 18.7 Å². The molecular formula is C24H26N6O4S. The fourth-order valence-corrected chi connectivity index (χ4v) is 5.42. The number of rotatable bonds is 7. The number of anilines is 3. The topological polar surface area (TPSA) is 146 Å². The summed E-state index contributed by atoms with van der Waals surface area (Å²) < 4.78 is 6.38. The van der Waals surface area contributed by atoms with Crippen LogP contribution in [0.3, 0.4) is 0 Å². The molecule has 0 bridgehead atoms. The minimum atomic E-state index is -1.66. The molecular weight excluding hydrogens is 468 g/mol. The lowest BCUT2D eigenvalue weighted by molar-refractivity contribution is -0.0545. The number of benzene rings is 1. The summed E-state index contributed by atoms with van der Waals surface area (Å²) in [7, 11) is 1.55. The van der Waals surface area contributed by atoms with Crippen molar-refractivity contribution in [1.29, 1.82) is 0 Å². The Morgan fingerprint density at radius 2 is 2.03 bits per heavy atom. The van der Waals surface area contributed by atoms with Crippen molar-refractivity contribution in [3.8, 4) is 16.3 Å². The zero-order valence-corrected chi connectivity index (χ0v) is 20.1. The third kappa shape index (κ3) is 4.39. The minimum Gasteiger partial charge on any atom is -0.493 e. The Hall–Kier alpha value is -3.38. The maximum atomic E-state index is 11.3. The summed E-state index contributed by atoms with van der Waals surface area (Å²) in [4.78, 5) is 18.1. The number of aliphatic hydroxyl groups is 3. The van der Waals surface area contributed by atoms with Gasteiger partial charge in [-0.15, -0.1) is 11.3 Å². The number of aromatic nitrogens is 4. The number of hydrogen-bond donors (Lipinski definition) is 5. The van der Waals surface area contributed by atoms with E-state index in [4.69, 9.17) is 9.72 Å². The van der Waals surface area contributed by atoms with Crippen molar-refractivity contribution in [1.82, 2.24) is 19.9 Å². The van der Waals surface area contributed by atoms with E-state index in [0.29, 0.717) is 39.9 Å². The molecule has 1 fully saturated rings. The largest absolute Gasteiger partial charge is 0.493 e. The molecule has 0 amide bonds. The molecule has 0 aliphatic heterocycles. The molecule has 182 valence electrons. The number of ether oxygens (including phenoxy) is 1. The first-order chi connectivity index (χ1) is 16.9. The summed E-state index contributed by atoms with van der Waals surface area (Å²) in [5, 5.41) is 38.5. The van der Waals surface area contributed by atoms with Crippen LogP contribution in [0.15, 0.2) is 42.7 Å². The fourth-order valence-electron chi connectivity index (χ4n) is 4.35. The Kier molecular flexibility index (Phi) is 6.24. The van der Waals surface area contributed by atoms with Gasteiger partial charge in [0.2, 0.25) is 5.95 Å². The van der Waals surface area contributed by atoms with Gasteiger partial charge in [0.05, 0.1) is 40.5 Å². The van der Waals surface area contributed by atoms with E-state index in [9.17, 15) is 15.3 Å². The molecule has 3 unspecified atom stereocenters. The molecule has 11 heteroatoms. The monoisotopic (exact) mass is 494 g/mol. The van der Waals surface area contributed by atoms with Gasteiger partial charge in [-0.2, -0.15) is 4.98 Å². The molecule has 1 aromatic carbocycles. The maximum Gasteiger partial charge on any atom is 0.229 e. The highest BCUT2D eigenvalue weighted by molar-refractivity contribution is 7.21. The van der Waals surface area contributed by atoms with Gasteiger partial charge in [-0.05, 0) is 38.0 Å². The first-order valence-electron chi connectivity index (χ1n) is 11.2. The summed E-state index contributed by atoms with van der Waals surface area (Å²) in [6, 6.07) is 9.55. The van der Waals surface area contributed by atoms with Crippen molar-refractivity contribution < 1.29 is 20.1 Å². The highest BCUT2D eigenvalue weighted by atomic mass is 32.1. The second kappa shape index (κ2) is 9.34. The summed E-state index contributed by atoms with van der Waals surface area (Å²) in [6.07, 6.45) is 2.77. The van der Waals surface area contributed by atoms with E-state index in [1.165, 1.54) is 11.3 Å². The van der Waals surface area contributed by atoms with E-state index in [1.807, 2.05) is 31.2 Å². The van der Waals surface area contributed by atoms with Gasteiger partial charge in [0.15, 0.2) is 11.5 Å². The Morgan fingerprint density at radius 3 is 2.77 bits per heavy atom. The van der Waals surface area contributed by atoms with Crippen molar-refractivity contribution >= 4 is 39.0 Å². The Morgan fingerprint density at radius 1 is 1.20 bits per heavy atom. The lowest BCUT2D eigenvalue weighted by Gasteiger charge is -2.31. The summed E-state index contributed by atoms with van der Waals surface area (Å²) in [5.41, 5.74) is 1.08. The van der Waals surface area contributed by atoms with Gasteiger partial charge in [-0.25, -0.2) is 9.97 Å². The molecule has 10 nitrogen and oxygen atoms in total. The fraction of sp³-hybridized carbons (Fsp3) is 0.333. The Balaban J connectivity index is 1.60. The summed E-state index contributed by atoms with van der Waals surface area (Å²) >= 11 is 1.49. The average Bonchev–Trinajstić information content (AvgIpc) is 3.39. The van der Waals surface area contributed by atoms with Crippen LogP contribution in [0.2, 0.25) is 0 Å². The second-order valence-corrected chi connectivity index (χ2v) is 9.55. The first-order valence-corrected chi connectivity index (χ1v) is 12.0. The van der Waals surface area contributed by atoms with E-state index in [0.717, 1.165) is 10.2 Å². The minimum absolute atomic E-state index is 0.215. The number of methoxy groups -OCH3 is 1. The first kappa shape index (κ1) is 23.4. The molecule has 0 saturated heterocycles. The molecule has 1 saturated carbocycles. The van der Waals surface area contributed by atoms with E-state index < -0.39 is 17.7 Å². The van der Waals surface area contributed by atoms with Crippen LogP contribution in [0.4, 0.5) is 17.5 Å². The molecule has 0 spiro atoms. The number of aryl methyl sites for hydroxylation is 1. The highest BCUT2D eigenvalue weighted by Gasteiger charge is 2.47. The molecule has 3 atom stereocenters. The lowest BCUT2D eigenvalue weighted by Crippen LogP contribution is -2.48. The maximum absolute atomic E-state index is 11.3. The molecule has 1 aliphatic rings. The van der Waals surface area contributed by atoms with E-state index >= 15 is 0 Å². The number of aliphatic hydroxyl groups excluding tert-OH is 2. The SMILES string of the molecule is COc1cnccc1Nc1nc(C)c(-c2nc3ccccc3s2)c(NC2(O)CCC(CO)C2O)n1. The Bertz CT molecular complexity index is 1330. The quantitative estimate of drug-likeness (QED) is 0.243. The predicted molar refractivity (Wildman–Crippen MR) is 134 cm³/mol. The van der Waals surface area contributed by atoms with Crippen LogP contribution >= 0.6 is 11.3 Å². The van der Waals surface area contributed by atoms with Gasteiger partial charge in [-0.3, -0.25) is 4.98 Å². The molecule has 35 heavy (non-hydrogen) atoms. The predicted octanol–water partition coefficient (Wildman–Crippen LogP) is 3.07. The third-order valence-electron chi connectivity index (χ3n) is 6.25. The summed E-state index contributed by atoms with van der Waals surface area (Å²) in [5.74, 6) is 0.690. The molecule has 3 aromatic heterocycles. The number of pyridine rings is 1. The molecule has 1 aliphatic carbocycles. The van der Waals surface area contributed by atoms with E-state index in [-0.39, 0.29) is 19.0 Å². The number of para-hydroxylation sites is 1. The number of fused-ring (bicyclic) bond motifs is 1. The van der Waals surface area contributed by atoms with Crippen LogP contribution in [-0.2, 0) is 0 Å². The van der Waals surface area contributed by atoms with Gasteiger partial charge in [-0.1, -0.05) is 12.1 Å². The smallest absolute Gasteiger partial charge is 0.229 e. The van der Waals surface area contributed by atoms with Crippen LogP contribution in [-0.4, -0.2) is 60.8 Å². The van der Waals surface area contributed by atoms with Gasteiger partial charge >= 0.3 is 0 Å². The standard InChI is InChI=1S/C24H26N6O4S/c1-13-19(22-27-16-5-3-4-6-18(16)35-22)21(30-24(33)9-7-14(12-31)20(24)32)29-23(26-13)28-15-8-10-25-11-17(15)34-2/h3-6,8,10-11,14,20,31-33H,7,9,12H2,1-2H3,(H2,25,26,28,29,30). The average molecular weight is 495 g/mol. The van der Waals surface area contributed by atoms with Crippen LogP contribution in [0.5, 0.6) is 5.75 Å². The molecule has 5 N–H and O–H groups in total. The molecule has 5 rings (SSSR count). The van der Waals surface area contributed by atoms with Crippen molar-refractivity contribution in [2.45, 2.75) is 31.6 Å². The van der Waals surface area contributed by atoms with Crippen molar-refractivity contribution in [2.75, 3.05) is 24.4 Å². The number of hydrogen-bond acceptors (Lipinski definition) is 11. The van der Waals surface area contributed by atoms with Crippen molar-refractivity contribution in [3.63, 3.8) is 0 Å².